The van der Waals surface area contributed by atoms with Gasteiger partial charge in [-0.3, -0.25) is 0 Å². The number of aliphatic hydroxyl groups is 3. The maximum absolute atomic E-state index is 14.0. The van der Waals surface area contributed by atoms with Crippen LogP contribution in [0.1, 0.15) is 67.6 Å². The monoisotopic (exact) mass is 727 g/mol. The van der Waals surface area contributed by atoms with Crippen molar-refractivity contribution in [3.63, 3.8) is 0 Å². The van der Waals surface area contributed by atoms with Crippen LogP contribution < -0.4 is 19.5 Å². The predicted molar refractivity (Wildman–Crippen MR) is 196 cm³/mol. The van der Waals surface area contributed by atoms with Crippen molar-refractivity contribution < 1.29 is 44.3 Å². The van der Waals surface area contributed by atoms with Crippen molar-refractivity contribution in [1.82, 2.24) is 10.2 Å². The topological polar surface area (TPSA) is 163 Å². The lowest BCUT2D eigenvalue weighted by atomic mass is 9.55. The fraction of sp³-hybridized carbons (Fsp3) is 0.463. The average Bonchev–Trinajstić information content (AvgIpc) is 3.64. The molecule has 282 valence electrons. The first-order valence-electron chi connectivity index (χ1n) is 18.6. The Balaban J connectivity index is 1.27. The van der Waals surface area contributed by atoms with Gasteiger partial charge in [0.1, 0.15) is 24.1 Å². The van der Waals surface area contributed by atoms with Gasteiger partial charge < -0.3 is 49.7 Å². The number of oxime groups is 1. The number of unbranched alkanes of at least 4 members (excludes halogenated alkanes) is 2. The molecule has 0 unspecified atom stereocenters. The molecule has 3 aromatic carbocycles. The number of aliphatic hydroxyl groups excluding tert-OH is 2. The molecule has 5 N–H and O–H groups in total. The number of hydrogen-bond donors (Lipinski definition) is 5. The number of nitrogens with zero attached hydrogens (tertiary/aromatic N) is 2. The Morgan fingerprint density at radius 3 is 2.49 bits per heavy atom. The summed E-state index contributed by atoms with van der Waals surface area (Å²) in [5.74, 6) is -0.979. The first kappa shape index (κ1) is 36.6. The fourth-order valence-corrected chi connectivity index (χ4v) is 8.62. The molecule has 53 heavy (non-hydrogen) atoms. The number of allylic oxidation sites excluding steroid dienone is 1. The van der Waals surface area contributed by atoms with Crippen LogP contribution >= 0.6 is 0 Å². The summed E-state index contributed by atoms with van der Waals surface area (Å²) < 4.78 is 17.6. The number of carbonyl (C=O) groups is 1. The zero-order valence-electron chi connectivity index (χ0n) is 30.0. The van der Waals surface area contributed by atoms with E-state index in [1.54, 1.807) is 25.2 Å². The summed E-state index contributed by atoms with van der Waals surface area (Å²) >= 11 is 0. The van der Waals surface area contributed by atoms with Crippen molar-refractivity contribution in [1.29, 1.82) is 0 Å². The molecule has 0 aromatic heterocycles. The fourth-order valence-electron chi connectivity index (χ4n) is 8.62. The van der Waals surface area contributed by atoms with Gasteiger partial charge in [0.15, 0.2) is 11.5 Å². The van der Waals surface area contributed by atoms with Gasteiger partial charge >= 0.3 is 6.03 Å². The number of ether oxygens (including phenoxy) is 3. The number of carbonyl (C=O) groups excluding carboxylic acids is 1. The molecule has 2 aliphatic heterocycles. The molecule has 0 radical (unpaired) electrons. The molecular formula is C41H49N3O9. The van der Waals surface area contributed by atoms with Crippen LogP contribution in [0.2, 0.25) is 0 Å². The molecule has 0 saturated heterocycles. The van der Waals surface area contributed by atoms with Crippen molar-refractivity contribution in [2.24, 2.45) is 22.9 Å². The molecule has 2 amide bonds. The summed E-state index contributed by atoms with van der Waals surface area (Å²) in [7, 11) is 1.65. The number of fused-ring (bicyclic) bond motifs is 3. The molecule has 0 bridgehead atoms. The summed E-state index contributed by atoms with van der Waals surface area (Å²) in [5.41, 5.74) is 3.98. The maximum Gasteiger partial charge on any atom is 0.317 e. The predicted octanol–water partition coefficient (Wildman–Crippen LogP) is 5.59. The Kier molecular flexibility index (Phi) is 11.1. The molecule has 2 heterocycles. The molecule has 12 heteroatoms. The van der Waals surface area contributed by atoms with Crippen LogP contribution in [0.5, 0.6) is 23.0 Å². The van der Waals surface area contributed by atoms with Gasteiger partial charge in [-0.15, -0.1) is 0 Å². The zero-order chi connectivity index (χ0) is 37.0. The minimum absolute atomic E-state index is 0.000320. The molecule has 12 nitrogen and oxygen atoms in total. The van der Waals surface area contributed by atoms with Crippen LogP contribution in [-0.2, 0) is 18.0 Å². The molecule has 2 aliphatic carbocycles. The Hall–Kier alpha value is -4.78. The quantitative estimate of drug-likeness (QED) is 0.105. The third kappa shape index (κ3) is 7.53. The van der Waals surface area contributed by atoms with E-state index < -0.39 is 23.8 Å². The highest BCUT2D eigenvalue weighted by molar-refractivity contribution is 6.03. The molecular weight excluding hydrogens is 678 g/mol. The lowest BCUT2D eigenvalue weighted by Gasteiger charge is -2.58. The Morgan fingerprint density at radius 1 is 0.943 bits per heavy atom. The largest absolute Gasteiger partial charge is 0.508 e. The van der Waals surface area contributed by atoms with E-state index in [0.29, 0.717) is 35.8 Å². The number of urea groups is 1. The normalized spacial score (nSPS) is 25.8. The van der Waals surface area contributed by atoms with Crippen molar-refractivity contribution in [2.45, 2.75) is 75.8 Å². The van der Waals surface area contributed by atoms with Gasteiger partial charge in [-0.05, 0) is 84.6 Å². The van der Waals surface area contributed by atoms with Crippen LogP contribution in [0.3, 0.4) is 0 Å². The average molecular weight is 728 g/mol. The third-order valence-electron chi connectivity index (χ3n) is 11.2. The Labute approximate surface area is 309 Å². The van der Waals surface area contributed by atoms with Crippen molar-refractivity contribution in [3.05, 3.63) is 95.1 Å². The number of phenolic OH excluding ortho intramolecular Hbond substituents is 1. The number of nitrogens with one attached hydrogen (secondary N) is 1. The number of aromatic hydroxyl groups is 1. The van der Waals surface area contributed by atoms with Crippen molar-refractivity contribution >= 4 is 11.7 Å². The minimum Gasteiger partial charge on any atom is -0.508 e. The second-order valence-electron chi connectivity index (χ2n) is 14.4. The van der Waals surface area contributed by atoms with Gasteiger partial charge in [0.25, 0.3) is 0 Å². The van der Waals surface area contributed by atoms with Crippen LogP contribution in [0, 0.1) is 17.8 Å². The summed E-state index contributed by atoms with van der Waals surface area (Å²) in [5, 5.41) is 50.9. The van der Waals surface area contributed by atoms with Gasteiger partial charge in [-0.1, -0.05) is 60.5 Å². The zero-order valence-corrected chi connectivity index (χ0v) is 30.0. The highest BCUT2D eigenvalue weighted by Gasteiger charge is 2.63. The van der Waals surface area contributed by atoms with E-state index in [1.807, 2.05) is 48.5 Å². The smallest absolute Gasteiger partial charge is 0.317 e. The Morgan fingerprint density at radius 2 is 1.70 bits per heavy atom. The second kappa shape index (κ2) is 16.1. The van der Waals surface area contributed by atoms with E-state index >= 15 is 0 Å². The lowest BCUT2D eigenvalue weighted by molar-refractivity contribution is -0.226. The highest BCUT2D eigenvalue weighted by atomic mass is 16.7. The summed E-state index contributed by atoms with van der Waals surface area (Å²) in [6.07, 6.45) is 6.78. The molecule has 7 rings (SSSR count). The van der Waals surface area contributed by atoms with Gasteiger partial charge in [0, 0.05) is 44.7 Å². The molecule has 1 saturated carbocycles. The van der Waals surface area contributed by atoms with Crippen LogP contribution in [-0.4, -0.2) is 76.0 Å². The summed E-state index contributed by atoms with van der Waals surface area (Å²) in [4.78, 5) is 21.5. The minimum atomic E-state index is -1.87. The van der Waals surface area contributed by atoms with Gasteiger partial charge in [-0.2, -0.15) is 0 Å². The molecule has 6 atom stereocenters. The number of likely N-dealkylation sites (N-methyl/N-ethyl adjacent to an activating group) is 1. The molecule has 4 aliphatic rings. The van der Waals surface area contributed by atoms with Crippen molar-refractivity contribution in [2.75, 3.05) is 27.1 Å². The summed E-state index contributed by atoms with van der Waals surface area (Å²) in [6, 6.07) is 18.9. The van der Waals surface area contributed by atoms with E-state index in [4.69, 9.17) is 24.2 Å². The maximum atomic E-state index is 14.0. The highest BCUT2D eigenvalue weighted by Crippen LogP contribution is 2.60. The number of benzene rings is 3. The molecule has 0 spiro atoms. The SMILES string of the molecule is CN(C(=O)NCc1ccc2c(c1)OCO2)[C@H]1CC(=NOCc2ccccc2)C2=C[C@H](CCCCO)[C@@H](CCCCO)[C@@H]3c4cc(O)ccc4O[C@@]1(O)[C@H]23. The van der Waals surface area contributed by atoms with Crippen LogP contribution in [0.4, 0.5) is 4.79 Å². The van der Waals surface area contributed by atoms with Crippen LogP contribution in [0.25, 0.3) is 0 Å². The van der Waals surface area contributed by atoms with E-state index in [9.17, 15) is 25.2 Å². The van der Waals surface area contributed by atoms with Gasteiger partial charge in [0.05, 0.1) is 11.6 Å². The van der Waals surface area contributed by atoms with E-state index in [1.165, 1.54) is 4.90 Å². The van der Waals surface area contributed by atoms with Gasteiger partial charge in [0.2, 0.25) is 12.6 Å². The number of phenols is 1. The van der Waals surface area contributed by atoms with Crippen LogP contribution in [0.15, 0.2) is 83.5 Å². The summed E-state index contributed by atoms with van der Waals surface area (Å²) in [6.45, 7) is 0.781. The van der Waals surface area contributed by atoms with Gasteiger partial charge in [-0.25, -0.2) is 4.79 Å². The third-order valence-corrected chi connectivity index (χ3v) is 11.2. The van der Waals surface area contributed by atoms with E-state index in [2.05, 4.69) is 11.4 Å². The standard InChI is InChI=1S/C41H49N3O9/c1-44(40(48)42-23-27-13-15-35-36(19-27)51-25-50-35)37-22-33(43-52-24-26-9-3-2-4-10-26)31-20-28(11-5-7-17-45)30(12-6-8-18-46)38-32-21-29(47)14-16-34(32)53-41(37,49)39(31)38/h2-4,9-10,13-16,19-21,28,30,37-39,45-47,49H,5-8,11-12,17-18,22-25H2,1H3,(H,42,48)/t28-,30+,37-,38+,39+,41+/m0/s1. The first-order chi connectivity index (χ1) is 25.8. The molecule has 3 aromatic rings. The van der Waals surface area contributed by atoms with E-state index in [0.717, 1.165) is 47.9 Å². The Bertz CT molecular complexity index is 1820. The molecule has 1 fully saturated rings. The number of amides is 2. The lowest BCUT2D eigenvalue weighted by Crippen LogP contribution is -2.69. The first-order valence-corrected chi connectivity index (χ1v) is 18.6. The number of rotatable bonds is 14. The van der Waals surface area contributed by atoms with Crippen molar-refractivity contribution in [3.8, 4) is 23.0 Å². The van der Waals surface area contributed by atoms with E-state index in [-0.39, 0.29) is 63.1 Å². The second-order valence-corrected chi connectivity index (χ2v) is 14.4. The number of hydrogen-bond acceptors (Lipinski definition) is 10.